The Morgan fingerprint density at radius 2 is 2.05 bits per heavy atom. The van der Waals surface area contributed by atoms with E-state index in [1.165, 1.54) is 0 Å². The molecule has 0 radical (unpaired) electrons. The Kier molecular flexibility index (Phi) is 5.33. The molecule has 0 spiro atoms. The van der Waals surface area contributed by atoms with E-state index in [0.717, 1.165) is 17.3 Å². The smallest absolute Gasteiger partial charge is 0.318 e. The zero-order chi connectivity index (χ0) is 16.1. The summed E-state index contributed by atoms with van der Waals surface area (Å²) in [5.41, 5.74) is 5.42. The van der Waals surface area contributed by atoms with E-state index < -0.39 is 6.03 Å². The number of anilines is 1. The molecule has 3 amide bonds. The number of pyridine rings is 1. The molecule has 0 aromatic carbocycles. The molecule has 1 aromatic heterocycles. The second-order valence-corrected chi connectivity index (χ2v) is 6.12. The average Bonchev–Trinajstić information content (AvgIpc) is 2.49. The van der Waals surface area contributed by atoms with Gasteiger partial charge in [-0.05, 0) is 47.7 Å². The van der Waals surface area contributed by atoms with Crippen LogP contribution in [-0.4, -0.2) is 23.0 Å². The molecule has 1 fully saturated rings. The Bertz CT molecular complexity index is 620. The largest absolute Gasteiger partial charge is 0.366 e. The molecule has 7 nitrogen and oxygen atoms in total. The molecule has 4 N–H and O–H groups in total. The van der Waals surface area contributed by atoms with Gasteiger partial charge in [0.05, 0.1) is 5.56 Å². The highest BCUT2D eigenvalue weighted by Gasteiger charge is 2.27. The number of urea groups is 1. The van der Waals surface area contributed by atoms with E-state index in [9.17, 15) is 9.59 Å². The fourth-order valence-corrected chi connectivity index (χ4v) is 2.89. The maximum Gasteiger partial charge on any atom is 0.318 e. The molecule has 116 valence electrons. The molecule has 0 unspecified atom stereocenters. The van der Waals surface area contributed by atoms with Gasteiger partial charge in [0.15, 0.2) is 0 Å². The third kappa shape index (κ3) is 4.18. The van der Waals surface area contributed by atoms with Crippen molar-refractivity contribution in [3.8, 4) is 6.07 Å². The summed E-state index contributed by atoms with van der Waals surface area (Å²) in [5, 5.41) is 14.5. The van der Waals surface area contributed by atoms with Crippen molar-refractivity contribution in [2.75, 3.05) is 5.32 Å². The Morgan fingerprint density at radius 1 is 1.36 bits per heavy atom. The summed E-state index contributed by atoms with van der Waals surface area (Å²) in [6, 6.07) is 3.15. The quantitative estimate of drug-likeness (QED) is 0.754. The highest BCUT2D eigenvalue weighted by molar-refractivity contribution is 9.10. The lowest BCUT2D eigenvalue weighted by Gasteiger charge is -2.28. The number of nitrogens with one attached hydrogen (secondary N) is 2. The molecule has 2 rings (SSSR count). The van der Waals surface area contributed by atoms with E-state index in [1.54, 1.807) is 12.3 Å². The molecular formula is C14H16BrN5O2. The van der Waals surface area contributed by atoms with Crippen molar-refractivity contribution in [3.05, 3.63) is 22.3 Å². The molecule has 1 aliphatic carbocycles. The van der Waals surface area contributed by atoms with Crippen LogP contribution in [0.4, 0.5) is 10.6 Å². The number of amides is 3. The second-order valence-electron chi connectivity index (χ2n) is 5.21. The second kappa shape index (κ2) is 7.22. The lowest BCUT2D eigenvalue weighted by Crippen LogP contribution is -2.41. The molecule has 22 heavy (non-hydrogen) atoms. The number of hydrogen-bond donors (Lipinski definition) is 3. The van der Waals surface area contributed by atoms with Gasteiger partial charge < -0.3 is 11.1 Å². The zero-order valence-corrected chi connectivity index (χ0v) is 13.4. The average molecular weight is 366 g/mol. The number of nitrogens with two attached hydrogens (primary N) is 1. The summed E-state index contributed by atoms with van der Waals surface area (Å²) in [7, 11) is 0. The lowest BCUT2D eigenvalue weighted by molar-refractivity contribution is -0.124. The van der Waals surface area contributed by atoms with Crippen LogP contribution in [-0.2, 0) is 4.79 Å². The number of primary amides is 1. The Morgan fingerprint density at radius 3 is 2.64 bits per heavy atom. The first-order chi connectivity index (χ1) is 10.5. The van der Waals surface area contributed by atoms with E-state index in [2.05, 4.69) is 37.6 Å². The summed E-state index contributed by atoms with van der Waals surface area (Å²) >= 11 is 3.28. The molecule has 1 saturated carbocycles. The fourth-order valence-electron chi connectivity index (χ4n) is 2.56. The molecule has 0 bridgehead atoms. The van der Waals surface area contributed by atoms with Gasteiger partial charge in [-0.1, -0.05) is 0 Å². The van der Waals surface area contributed by atoms with Gasteiger partial charge in [-0.25, -0.2) is 9.78 Å². The van der Waals surface area contributed by atoms with Crippen LogP contribution < -0.4 is 16.4 Å². The van der Waals surface area contributed by atoms with Crippen LogP contribution in [0.25, 0.3) is 0 Å². The SMILES string of the molecule is N#Cc1cc(Br)cnc1NC1CCC(C(=O)NC(N)=O)CC1. The predicted molar refractivity (Wildman–Crippen MR) is 83.7 cm³/mol. The number of carbonyl (C=O) groups excluding carboxylic acids is 2. The number of carbonyl (C=O) groups is 2. The normalized spacial score (nSPS) is 20.7. The van der Waals surface area contributed by atoms with Gasteiger partial charge >= 0.3 is 6.03 Å². The van der Waals surface area contributed by atoms with Gasteiger partial charge in [0, 0.05) is 22.6 Å². The van der Waals surface area contributed by atoms with Gasteiger partial charge in [0.25, 0.3) is 0 Å². The van der Waals surface area contributed by atoms with Crippen molar-refractivity contribution in [1.82, 2.24) is 10.3 Å². The number of halogens is 1. The molecule has 8 heteroatoms. The third-order valence-electron chi connectivity index (χ3n) is 3.66. The standard InChI is InChI=1S/C14H16BrN5O2/c15-10-5-9(6-16)12(18-7-10)19-11-3-1-8(2-4-11)13(21)20-14(17)22/h5,7-8,11H,1-4H2,(H,18,19)(H3,17,20,21,22). The topological polar surface area (TPSA) is 121 Å². The van der Waals surface area contributed by atoms with Crippen LogP contribution >= 0.6 is 15.9 Å². The summed E-state index contributed by atoms with van der Waals surface area (Å²) in [4.78, 5) is 26.6. The van der Waals surface area contributed by atoms with Gasteiger partial charge in [-0.2, -0.15) is 5.26 Å². The highest BCUT2D eigenvalue weighted by Crippen LogP contribution is 2.27. The number of nitrogens with zero attached hydrogens (tertiary/aromatic N) is 2. The van der Waals surface area contributed by atoms with Crippen LogP contribution in [0.1, 0.15) is 31.2 Å². The minimum atomic E-state index is -0.817. The lowest BCUT2D eigenvalue weighted by atomic mass is 9.85. The Labute approximate surface area is 136 Å². The number of aromatic nitrogens is 1. The predicted octanol–water partition coefficient (Wildman–Crippen LogP) is 1.88. The fraction of sp³-hybridized carbons (Fsp3) is 0.429. The van der Waals surface area contributed by atoms with Gasteiger partial charge in [0.1, 0.15) is 11.9 Å². The molecule has 0 atom stereocenters. The molecule has 0 aliphatic heterocycles. The summed E-state index contributed by atoms with van der Waals surface area (Å²) < 4.78 is 0.751. The van der Waals surface area contributed by atoms with E-state index in [-0.39, 0.29) is 17.9 Å². The summed E-state index contributed by atoms with van der Waals surface area (Å²) in [5.74, 6) is 0.0417. The number of imide groups is 1. The molecule has 1 heterocycles. The van der Waals surface area contributed by atoms with E-state index in [1.807, 2.05) is 0 Å². The minimum Gasteiger partial charge on any atom is -0.366 e. The Balaban J connectivity index is 1.92. The maximum atomic E-state index is 11.7. The molecule has 1 aromatic rings. The van der Waals surface area contributed by atoms with Gasteiger partial charge in [-0.15, -0.1) is 0 Å². The number of nitriles is 1. The molecule has 0 saturated heterocycles. The monoisotopic (exact) mass is 365 g/mol. The van der Waals surface area contributed by atoms with E-state index >= 15 is 0 Å². The molecular weight excluding hydrogens is 350 g/mol. The minimum absolute atomic E-state index is 0.151. The third-order valence-corrected chi connectivity index (χ3v) is 4.09. The van der Waals surface area contributed by atoms with Crippen molar-refractivity contribution in [3.63, 3.8) is 0 Å². The van der Waals surface area contributed by atoms with E-state index in [0.29, 0.717) is 24.2 Å². The first kappa shape index (κ1) is 16.2. The van der Waals surface area contributed by atoms with Gasteiger partial charge in [0.2, 0.25) is 5.91 Å². The molecule has 1 aliphatic rings. The van der Waals surface area contributed by atoms with Crippen molar-refractivity contribution in [1.29, 1.82) is 5.26 Å². The highest BCUT2D eigenvalue weighted by atomic mass is 79.9. The number of hydrogen-bond acceptors (Lipinski definition) is 5. The Hall–Kier alpha value is -2.14. The van der Waals surface area contributed by atoms with Crippen LogP contribution in [0.15, 0.2) is 16.7 Å². The maximum absolute atomic E-state index is 11.7. The number of rotatable bonds is 3. The first-order valence-electron chi connectivity index (χ1n) is 6.92. The van der Waals surface area contributed by atoms with Gasteiger partial charge in [-0.3, -0.25) is 10.1 Å². The van der Waals surface area contributed by atoms with Crippen molar-refractivity contribution in [2.45, 2.75) is 31.7 Å². The summed E-state index contributed by atoms with van der Waals surface area (Å²) in [6.07, 6.45) is 4.48. The first-order valence-corrected chi connectivity index (χ1v) is 7.71. The van der Waals surface area contributed by atoms with Crippen LogP contribution in [0.2, 0.25) is 0 Å². The summed E-state index contributed by atoms with van der Waals surface area (Å²) in [6.45, 7) is 0. The van der Waals surface area contributed by atoms with Crippen LogP contribution in [0.5, 0.6) is 0 Å². The van der Waals surface area contributed by atoms with Crippen molar-refractivity contribution >= 4 is 33.7 Å². The van der Waals surface area contributed by atoms with Crippen molar-refractivity contribution < 1.29 is 9.59 Å². The van der Waals surface area contributed by atoms with E-state index in [4.69, 9.17) is 11.0 Å². The van der Waals surface area contributed by atoms with Crippen LogP contribution in [0, 0.1) is 17.2 Å². The van der Waals surface area contributed by atoms with Crippen LogP contribution in [0.3, 0.4) is 0 Å². The van der Waals surface area contributed by atoms with Crippen molar-refractivity contribution in [2.24, 2.45) is 11.7 Å². The zero-order valence-electron chi connectivity index (χ0n) is 11.8.